The van der Waals surface area contributed by atoms with Crippen LogP contribution in [0.1, 0.15) is 25.5 Å². The molecule has 2 heteroatoms. The van der Waals surface area contributed by atoms with E-state index < -0.39 is 0 Å². The molecule has 1 aromatic rings. The molecule has 0 fully saturated rings. The minimum Gasteiger partial charge on any atom is -0.268 e. The maximum absolute atomic E-state index is 4.37. The first kappa shape index (κ1) is 7.32. The molecule has 10 heavy (non-hydrogen) atoms. The highest BCUT2D eigenvalue weighted by molar-refractivity contribution is 6.30. The normalized spacial score (nSPS) is 10.3. The largest absolute Gasteiger partial charge is 0.268 e. The zero-order valence-electron chi connectivity index (χ0n) is 6.76. The summed E-state index contributed by atoms with van der Waals surface area (Å²) < 4.78 is 0. The SMILES string of the molecule is Bc1cccc(C(C)C)n1. The van der Waals surface area contributed by atoms with E-state index in [-0.39, 0.29) is 0 Å². The summed E-state index contributed by atoms with van der Waals surface area (Å²) in [6.07, 6.45) is 0. The van der Waals surface area contributed by atoms with E-state index >= 15 is 0 Å². The summed E-state index contributed by atoms with van der Waals surface area (Å²) in [7, 11) is 2.02. The fourth-order valence-corrected chi connectivity index (χ4v) is 0.886. The van der Waals surface area contributed by atoms with Crippen molar-refractivity contribution in [3.63, 3.8) is 0 Å². The van der Waals surface area contributed by atoms with Gasteiger partial charge in [0.2, 0.25) is 0 Å². The Kier molecular flexibility index (Phi) is 2.10. The zero-order valence-corrected chi connectivity index (χ0v) is 6.76. The van der Waals surface area contributed by atoms with Crippen molar-refractivity contribution in [3.05, 3.63) is 23.9 Å². The highest BCUT2D eigenvalue weighted by Gasteiger charge is 1.97. The van der Waals surface area contributed by atoms with Crippen molar-refractivity contribution in [2.75, 3.05) is 0 Å². The van der Waals surface area contributed by atoms with Crippen molar-refractivity contribution < 1.29 is 0 Å². The molecule has 1 nitrogen and oxygen atoms in total. The second-order valence-corrected chi connectivity index (χ2v) is 2.86. The molecule has 0 saturated carbocycles. The Labute approximate surface area is 62.9 Å². The average molecular weight is 133 g/mol. The Hall–Kier alpha value is -0.785. The molecule has 1 rings (SSSR count). The molecule has 0 atom stereocenters. The molecule has 0 saturated heterocycles. The van der Waals surface area contributed by atoms with Crippen LogP contribution in [0.25, 0.3) is 0 Å². The molecule has 0 radical (unpaired) electrons. The molecule has 0 aliphatic heterocycles. The lowest BCUT2D eigenvalue weighted by Gasteiger charge is -2.03. The second kappa shape index (κ2) is 2.87. The molecule has 0 spiro atoms. The van der Waals surface area contributed by atoms with Crippen LogP contribution >= 0.6 is 0 Å². The Morgan fingerprint density at radius 1 is 1.40 bits per heavy atom. The molecule has 0 aromatic carbocycles. The monoisotopic (exact) mass is 133 g/mol. The minimum atomic E-state index is 0.542. The van der Waals surface area contributed by atoms with E-state index in [1.807, 2.05) is 13.9 Å². The topological polar surface area (TPSA) is 12.9 Å². The maximum Gasteiger partial charge on any atom is 0.163 e. The number of hydrogen-bond acceptors (Lipinski definition) is 1. The number of aromatic nitrogens is 1. The Morgan fingerprint density at radius 3 is 2.50 bits per heavy atom. The summed E-state index contributed by atoms with van der Waals surface area (Å²) in [6, 6.07) is 6.14. The molecule has 0 aliphatic carbocycles. The lowest BCUT2D eigenvalue weighted by molar-refractivity contribution is 0.827. The van der Waals surface area contributed by atoms with Gasteiger partial charge in [-0.2, -0.15) is 0 Å². The quantitative estimate of drug-likeness (QED) is 0.507. The zero-order chi connectivity index (χ0) is 7.56. The van der Waals surface area contributed by atoms with E-state index in [2.05, 4.69) is 31.0 Å². The van der Waals surface area contributed by atoms with Gasteiger partial charge in [0.05, 0.1) is 0 Å². The smallest absolute Gasteiger partial charge is 0.163 e. The van der Waals surface area contributed by atoms with Gasteiger partial charge in [-0.25, -0.2) is 0 Å². The first-order chi connectivity index (χ1) is 4.70. The van der Waals surface area contributed by atoms with Crippen molar-refractivity contribution in [2.45, 2.75) is 19.8 Å². The van der Waals surface area contributed by atoms with Crippen molar-refractivity contribution in [1.82, 2.24) is 4.98 Å². The third kappa shape index (κ3) is 1.60. The Balaban J connectivity index is 2.96. The summed E-state index contributed by atoms with van der Waals surface area (Å²) >= 11 is 0. The molecule has 0 unspecified atom stereocenters. The van der Waals surface area contributed by atoms with E-state index in [9.17, 15) is 0 Å². The molecule has 0 N–H and O–H groups in total. The van der Waals surface area contributed by atoms with Crippen LogP contribution in [0, 0.1) is 0 Å². The lowest BCUT2D eigenvalue weighted by Crippen LogP contribution is -2.10. The van der Waals surface area contributed by atoms with Crippen LogP contribution in [-0.2, 0) is 0 Å². The third-order valence-electron chi connectivity index (χ3n) is 1.50. The van der Waals surface area contributed by atoms with Crippen molar-refractivity contribution in [1.29, 1.82) is 0 Å². The molecule has 52 valence electrons. The van der Waals surface area contributed by atoms with Gasteiger partial charge in [-0.1, -0.05) is 26.0 Å². The number of hydrogen-bond donors (Lipinski definition) is 0. The minimum absolute atomic E-state index is 0.542. The number of rotatable bonds is 1. The van der Waals surface area contributed by atoms with Gasteiger partial charge in [0, 0.05) is 5.69 Å². The fraction of sp³-hybridized carbons (Fsp3) is 0.375. The molecule has 0 amide bonds. The highest BCUT2D eigenvalue weighted by Crippen LogP contribution is 2.07. The predicted octanol–water partition coefficient (Wildman–Crippen LogP) is 0.463. The Morgan fingerprint density at radius 2 is 2.10 bits per heavy atom. The lowest BCUT2D eigenvalue weighted by atomic mass is 10.0. The van der Waals surface area contributed by atoms with Crippen LogP contribution in [-0.4, -0.2) is 12.8 Å². The van der Waals surface area contributed by atoms with E-state index in [1.165, 1.54) is 5.69 Å². The first-order valence-electron chi connectivity index (χ1n) is 3.63. The average Bonchev–Trinajstić information content (AvgIpc) is 1.88. The van der Waals surface area contributed by atoms with E-state index in [4.69, 9.17) is 0 Å². The standard InChI is InChI=1S/C8H12BN/c1-6(2)7-4-3-5-8(9)10-7/h3-6H,9H2,1-2H3. The van der Waals surface area contributed by atoms with E-state index in [1.54, 1.807) is 0 Å². The Bertz CT molecular complexity index is 220. The summed E-state index contributed by atoms with van der Waals surface area (Å²) in [5, 5.41) is 0. The molecular formula is C8H12BN. The summed E-state index contributed by atoms with van der Waals surface area (Å²) in [5.41, 5.74) is 2.28. The van der Waals surface area contributed by atoms with Crippen LogP contribution < -0.4 is 5.59 Å². The van der Waals surface area contributed by atoms with E-state index in [0.717, 1.165) is 5.59 Å². The second-order valence-electron chi connectivity index (χ2n) is 2.86. The molecule has 0 bridgehead atoms. The van der Waals surface area contributed by atoms with Gasteiger partial charge >= 0.3 is 0 Å². The van der Waals surface area contributed by atoms with Gasteiger partial charge in [-0.3, -0.25) is 4.98 Å². The summed E-state index contributed by atoms with van der Waals surface area (Å²) in [4.78, 5) is 4.37. The van der Waals surface area contributed by atoms with Gasteiger partial charge in [-0.15, -0.1) is 0 Å². The number of nitrogens with zero attached hydrogens (tertiary/aromatic N) is 1. The van der Waals surface area contributed by atoms with Crippen molar-refractivity contribution in [2.24, 2.45) is 0 Å². The van der Waals surface area contributed by atoms with Crippen LogP contribution in [0.15, 0.2) is 18.2 Å². The maximum atomic E-state index is 4.37. The van der Waals surface area contributed by atoms with Crippen LogP contribution in [0.5, 0.6) is 0 Å². The van der Waals surface area contributed by atoms with Gasteiger partial charge in [0.25, 0.3) is 0 Å². The fourth-order valence-electron chi connectivity index (χ4n) is 0.886. The van der Waals surface area contributed by atoms with Gasteiger partial charge in [-0.05, 0) is 17.6 Å². The van der Waals surface area contributed by atoms with Crippen molar-refractivity contribution in [3.8, 4) is 0 Å². The van der Waals surface area contributed by atoms with Crippen LogP contribution in [0.3, 0.4) is 0 Å². The molecule has 0 aliphatic rings. The van der Waals surface area contributed by atoms with Gasteiger partial charge < -0.3 is 0 Å². The van der Waals surface area contributed by atoms with Gasteiger partial charge in [0.1, 0.15) is 0 Å². The number of pyridine rings is 1. The third-order valence-corrected chi connectivity index (χ3v) is 1.50. The predicted molar refractivity (Wildman–Crippen MR) is 46.5 cm³/mol. The van der Waals surface area contributed by atoms with Crippen LogP contribution in [0.2, 0.25) is 0 Å². The highest BCUT2D eigenvalue weighted by atomic mass is 14.7. The molecule has 1 aromatic heterocycles. The van der Waals surface area contributed by atoms with Crippen LogP contribution in [0.4, 0.5) is 0 Å². The first-order valence-corrected chi connectivity index (χ1v) is 3.63. The van der Waals surface area contributed by atoms with E-state index in [0.29, 0.717) is 5.92 Å². The van der Waals surface area contributed by atoms with Gasteiger partial charge in [0.15, 0.2) is 7.85 Å². The summed E-state index contributed by atoms with van der Waals surface area (Å²) in [5.74, 6) is 0.542. The van der Waals surface area contributed by atoms with Crippen molar-refractivity contribution >= 4 is 13.4 Å². The molecular weight excluding hydrogens is 121 g/mol. The molecule has 1 heterocycles. The summed E-state index contributed by atoms with van der Waals surface area (Å²) in [6.45, 7) is 4.31.